The lowest BCUT2D eigenvalue weighted by Gasteiger charge is -2.42. The first-order chi connectivity index (χ1) is 14.2. The van der Waals surface area contributed by atoms with Gasteiger partial charge in [0.05, 0.1) is 10.5 Å². The predicted octanol–water partition coefficient (Wildman–Crippen LogP) is 3.72. The van der Waals surface area contributed by atoms with Gasteiger partial charge in [0.1, 0.15) is 12.2 Å². The van der Waals surface area contributed by atoms with Gasteiger partial charge in [-0.1, -0.05) is 11.6 Å². The highest BCUT2D eigenvalue weighted by Crippen LogP contribution is 2.43. The summed E-state index contributed by atoms with van der Waals surface area (Å²) in [5.74, 6) is -0.684. The number of piperazine rings is 1. The van der Waals surface area contributed by atoms with Crippen molar-refractivity contribution in [2.24, 2.45) is 0 Å². The Bertz CT molecular complexity index is 1040. The lowest BCUT2D eigenvalue weighted by Crippen LogP contribution is -2.56. The molecule has 0 radical (unpaired) electrons. The van der Waals surface area contributed by atoms with Crippen LogP contribution < -0.4 is 0 Å². The first kappa shape index (κ1) is 19.7. The molecular formula is C20H20ClF3N4O2. The number of hydrogen-bond donors (Lipinski definition) is 0. The van der Waals surface area contributed by atoms with E-state index < -0.39 is 17.8 Å². The van der Waals surface area contributed by atoms with Crippen molar-refractivity contribution in [2.45, 2.75) is 50.2 Å². The van der Waals surface area contributed by atoms with E-state index >= 15 is 0 Å². The molecule has 5 rings (SSSR count). The minimum atomic E-state index is -4.64. The van der Waals surface area contributed by atoms with E-state index in [2.05, 4.69) is 5.10 Å². The SMILES string of the molecule is O=C(c1nn2c(C(F)(F)F)cc(C3CC3)cc2c1Cl)N1CCN(C2CCC2)C(=O)C1. The lowest BCUT2D eigenvalue weighted by molar-refractivity contribution is -0.142. The van der Waals surface area contributed by atoms with Crippen LogP contribution in [0, 0.1) is 0 Å². The summed E-state index contributed by atoms with van der Waals surface area (Å²) in [6.45, 7) is 0.615. The third-order valence-electron chi connectivity index (χ3n) is 6.30. The Morgan fingerprint density at radius 1 is 1.13 bits per heavy atom. The summed E-state index contributed by atoms with van der Waals surface area (Å²) in [5.41, 5.74) is -0.579. The Hall–Kier alpha value is -2.29. The summed E-state index contributed by atoms with van der Waals surface area (Å²) in [4.78, 5) is 28.6. The van der Waals surface area contributed by atoms with E-state index in [9.17, 15) is 22.8 Å². The number of nitrogens with zero attached hydrogens (tertiary/aromatic N) is 4. The number of pyridine rings is 1. The maximum Gasteiger partial charge on any atom is 0.433 e. The molecule has 2 aromatic heterocycles. The van der Waals surface area contributed by atoms with Crippen LogP contribution in [0.5, 0.6) is 0 Å². The summed E-state index contributed by atoms with van der Waals surface area (Å²) >= 11 is 6.34. The number of aromatic nitrogens is 2. The van der Waals surface area contributed by atoms with E-state index in [-0.39, 0.29) is 40.6 Å². The van der Waals surface area contributed by atoms with Crippen molar-refractivity contribution < 1.29 is 22.8 Å². The van der Waals surface area contributed by atoms with E-state index in [1.807, 2.05) is 0 Å². The number of fused-ring (bicyclic) bond motifs is 1. The van der Waals surface area contributed by atoms with Crippen molar-refractivity contribution in [1.82, 2.24) is 19.4 Å². The minimum absolute atomic E-state index is 0.0659. The molecule has 3 heterocycles. The summed E-state index contributed by atoms with van der Waals surface area (Å²) in [5, 5.41) is 3.82. The smallest absolute Gasteiger partial charge is 0.336 e. The maximum absolute atomic E-state index is 13.6. The molecule has 0 spiro atoms. The van der Waals surface area contributed by atoms with Gasteiger partial charge in [-0.25, -0.2) is 4.52 Å². The van der Waals surface area contributed by atoms with Crippen LogP contribution in [0.15, 0.2) is 12.1 Å². The molecule has 2 aliphatic carbocycles. The van der Waals surface area contributed by atoms with Gasteiger partial charge in [-0.2, -0.15) is 18.3 Å². The number of alkyl halides is 3. The van der Waals surface area contributed by atoms with Crippen molar-refractivity contribution in [3.8, 4) is 0 Å². The summed E-state index contributed by atoms with van der Waals surface area (Å²) < 4.78 is 41.6. The van der Waals surface area contributed by atoms with Crippen LogP contribution in [0.2, 0.25) is 5.02 Å². The predicted molar refractivity (Wildman–Crippen MR) is 102 cm³/mol. The average molecular weight is 441 g/mol. The second-order valence-corrected chi connectivity index (χ2v) is 8.68. The topological polar surface area (TPSA) is 57.9 Å². The molecule has 2 saturated carbocycles. The number of hydrogen-bond acceptors (Lipinski definition) is 3. The molecule has 2 amide bonds. The monoisotopic (exact) mass is 440 g/mol. The summed E-state index contributed by atoms with van der Waals surface area (Å²) in [6, 6.07) is 2.91. The van der Waals surface area contributed by atoms with Crippen molar-refractivity contribution >= 4 is 28.9 Å². The highest BCUT2D eigenvalue weighted by Gasteiger charge is 2.39. The number of amides is 2. The molecule has 10 heteroatoms. The molecule has 0 aromatic carbocycles. The molecule has 160 valence electrons. The summed E-state index contributed by atoms with van der Waals surface area (Å²) in [6.07, 6.45) is 0.0707. The highest BCUT2D eigenvalue weighted by molar-refractivity contribution is 6.36. The Labute approximate surface area is 175 Å². The van der Waals surface area contributed by atoms with Crippen LogP contribution >= 0.6 is 11.6 Å². The molecule has 0 unspecified atom stereocenters. The van der Waals surface area contributed by atoms with E-state index in [0.717, 1.165) is 38.2 Å². The Balaban J connectivity index is 1.47. The quantitative estimate of drug-likeness (QED) is 0.731. The summed E-state index contributed by atoms with van der Waals surface area (Å²) in [7, 11) is 0. The fourth-order valence-corrected chi connectivity index (χ4v) is 4.48. The number of halogens is 4. The van der Waals surface area contributed by atoms with Crippen LogP contribution in [0.1, 0.15) is 59.8 Å². The molecular weight excluding hydrogens is 421 g/mol. The van der Waals surface area contributed by atoms with Crippen LogP contribution in [0.25, 0.3) is 5.52 Å². The second kappa shape index (κ2) is 6.87. The number of rotatable bonds is 3. The van der Waals surface area contributed by atoms with E-state index in [0.29, 0.717) is 23.2 Å². The molecule has 30 heavy (non-hydrogen) atoms. The van der Waals surface area contributed by atoms with E-state index in [4.69, 9.17) is 11.6 Å². The minimum Gasteiger partial charge on any atom is -0.336 e. The second-order valence-electron chi connectivity index (χ2n) is 8.30. The molecule has 0 atom stereocenters. The van der Waals surface area contributed by atoms with Gasteiger partial charge in [0, 0.05) is 19.1 Å². The molecule has 3 fully saturated rings. The lowest BCUT2D eigenvalue weighted by atomic mass is 9.91. The van der Waals surface area contributed by atoms with Crippen LogP contribution in [-0.4, -0.2) is 56.9 Å². The normalized spacial score (nSPS) is 20.7. The third-order valence-corrected chi connectivity index (χ3v) is 6.67. The fourth-order valence-electron chi connectivity index (χ4n) is 4.22. The van der Waals surface area contributed by atoms with E-state index in [1.54, 1.807) is 11.0 Å². The van der Waals surface area contributed by atoms with Crippen LogP contribution in [0.4, 0.5) is 13.2 Å². The molecule has 6 nitrogen and oxygen atoms in total. The van der Waals surface area contributed by atoms with Crippen molar-refractivity contribution in [2.75, 3.05) is 19.6 Å². The fraction of sp³-hybridized carbons (Fsp3) is 0.550. The maximum atomic E-state index is 13.6. The van der Waals surface area contributed by atoms with Crippen molar-refractivity contribution in [1.29, 1.82) is 0 Å². The largest absolute Gasteiger partial charge is 0.433 e. The van der Waals surface area contributed by atoms with Gasteiger partial charge in [-0.05, 0) is 55.7 Å². The first-order valence-electron chi connectivity index (χ1n) is 10.1. The van der Waals surface area contributed by atoms with Gasteiger partial charge in [-0.15, -0.1) is 0 Å². The van der Waals surface area contributed by atoms with Crippen molar-refractivity contribution in [3.05, 3.63) is 34.1 Å². The third kappa shape index (κ3) is 3.23. The zero-order chi connectivity index (χ0) is 21.2. The molecule has 1 aliphatic heterocycles. The average Bonchev–Trinajstić information content (AvgIpc) is 3.44. The zero-order valence-corrected chi connectivity index (χ0v) is 16.8. The standard InChI is InChI=1S/C20H20ClF3N4O2/c21-17-14-8-12(11-4-5-11)9-15(20(22,23)24)28(14)25-18(17)19(30)26-6-7-27(16(29)10-26)13-2-1-3-13/h8-9,11,13H,1-7,10H2. The molecule has 2 aromatic rings. The Morgan fingerprint density at radius 2 is 1.87 bits per heavy atom. The van der Waals surface area contributed by atoms with Gasteiger partial charge >= 0.3 is 6.18 Å². The van der Waals surface area contributed by atoms with E-state index in [1.165, 1.54) is 4.90 Å². The Kier molecular flexibility index (Phi) is 4.50. The van der Waals surface area contributed by atoms with Gasteiger partial charge < -0.3 is 9.80 Å². The van der Waals surface area contributed by atoms with Crippen LogP contribution in [-0.2, 0) is 11.0 Å². The Morgan fingerprint density at radius 3 is 2.43 bits per heavy atom. The van der Waals surface area contributed by atoms with Gasteiger partial charge in [0.2, 0.25) is 5.91 Å². The molecule has 3 aliphatic rings. The van der Waals surface area contributed by atoms with Gasteiger partial charge in [0.15, 0.2) is 5.69 Å². The molecule has 1 saturated heterocycles. The molecule has 0 bridgehead atoms. The van der Waals surface area contributed by atoms with Crippen LogP contribution in [0.3, 0.4) is 0 Å². The number of carbonyl (C=O) groups is 2. The first-order valence-corrected chi connectivity index (χ1v) is 10.5. The van der Waals surface area contributed by atoms with Gasteiger partial charge in [-0.3, -0.25) is 9.59 Å². The zero-order valence-electron chi connectivity index (χ0n) is 16.1. The highest BCUT2D eigenvalue weighted by atomic mass is 35.5. The van der Waals surface area contributed by atoms with Crippen molar-refractivity contribution in [3.63, 3.8) is 0 Å². The number of carbonyl (C=O) groups excluding carboxylic acids is 2. The van der Waals surface area contributed by atoms with Gasteiger partial charge in [0.25, 0.3) is 5.91 Å². The molecule has 0 N–H and O–H groups in total.